The number of anilines is 1. The van der Waals surface area contributed by atoms with E-state index in [1.165, 1.54) is 24.3 Å². The molecule has 20 heavy (non-hydrogen) atoms. The number of benzene rings is 1. The average Bonchev–Trinajstić information content (AvgIpc) is 2.34. The zero-order valence-corrected chi connectivity index (χ0v) is 12.6. The lowest BCUT2D eigenvalue weighted by Gasteiger charge is -2.19. The molecule has 1 aromatic carbocycles. The summed E-state index contributed by atoms with van der Waals surface area (Å²) in [6.07, 6.45) is 1.06. The summed E-state index contributed by atoms with van der Waals surface area (Å²) in [7, 11) is -3.33. The van der Waals surface area contributed by atoms with Gasteiger partial charge in [-0.15, -0.1) is 0 Å². The molecule has 1 rings (SSSR count). The minimum atomic E-state index is -3.33. The number of amides is 1. The van der Waals surface area contributed by atoms with Gasteiger partial charge < -0.3 is 10.4 Å². The first kappa shape index (κ1) is 16.5. The van der Waals surface area contributed by atoms with E-state index in [0.29, 0.717) is 11.3 Å². The maximum absolute atomic E-state index is 12.0. The third kappa shape index (κ3) is 5.18. The number of nitrogens with one attached hydrogen (secondary N) is 2. The Morgan fingerprint density at radius 2 is 1.80 bits per heavy atom. The number of aliphatic hydroxyl groups excluding tert-OH is 1. The minimum absolute atomic E-state index is 0.120. The van der Waals surface area contributed by atoms with E-state index < -0.39 is 10.0 Å². The van der Waals surface area contributed by atoms with Gasteiger partial charge in [-0.25, -0.2) is 8.42 Å². The van der Waals surface area contributed by atoms with Crippen LogP contribution in [0, 0.1) is 5.92 Å². The molecule has 0 spiro atoms. The molecule has 0 fully saturated rings. The zero-order chi connectivity index (χ0) is 15.3. The molecular weight excluding hydrogens is 280 g/mol. The van der Waals surface area contributed by atoms with Crippen LogP contribution in [0.5, 0.6) is 0 Å². The Bertz CT molecular complexity index is 552. The first-order valence-corrected chi connectivity index (χ1v) is 8.11. The molecule has 3 N–H and O–H groups in total. The van der Waals surface area contributed by atoms with E-state index in [2.05, 4.69) is 10.0 Å². The van der Waals surface area contributed by atoms with E-state index in [-0.39, 0.29) is 24.5 Å². The molecule has 0 radical (unpaired) electrons. The third-order valence-electron chi connectivity index (χ3n) is 2.77. The molecule has 0 aromatic heterocycles. The van der Waals surface area contributed by atoms with Gasteiger partial charge in [0.1, 0.15) is 0 Å². The Kier molecular flexibility index (Phi) is 5.52. The van der Waals surface area contributed by atoms with Gasteiger partial charge in [-0.1, -0.05) is 13.8 Å². The number of rotatable bonds is 6. The van der Waals surface area contributed by atoms with Gasteiger partial charge in [0.15, 0.2) is 0 Å². The Labute approximate surface area is 119 Å². The van der Waals surface area contributed by atoms with Crippen molar-refractivity contribution in [1.82, 2.24) is 5.32 Å². The lowest BCUT2D eigenvalue weighted by molar-refractivity contribution is 0.0897. The van der Waals surface area contributed by atoms with Crippen molar-refractivity contribution < 1.29 is 18.3 Å². The van der Waals surface area contributed by atoms with Gasteiger partial charge in [0.05, 0.1) is 18.9 Å². The largest absolute Gasteiger partial charge is 0.394 e. The predicted molar refractivity (Wildman–Crippen MR) is 78.1 cm³/mol. The lowest BCUT2D eigenvalue weighted by atomic mass is 10.0. The van der Waals surface area contributed by atoms with Crippen molar-refractivity contribution in [2.75, 3.05) is 17.6 Å². The highest BCUT2D eigenvalue weighted by Gasteiger charge is 2.16. The van der Waals surface area contributed by atoms with Gasteiger partial charge in [0, 0.05) is 11.3 Å². The fourth-order valence-corrected chi connectivity index (χ4v) is 2.14. The van der Waals surface area contributed by atoms with Gasteiger partial charge in [-0.05, 0) is 30.2 Å². The molecule has 0 bridgehead atoms. The van der Waals surface area contributed by atoms with Crippen LogP contribution in [0.1, 0.15) is 24.2 Å². The van der Waals surface area contributed by atoms with Crippen LogP contribution >= 0.6 is 0 Å². The molecule has 6 nitrogen and oxygen atoms in total. The second kappa shape index (κ2) is 6.71. The molecule has 112 valence electrons. The smallest absolute Gasteiger partial charge is 0.251 e. The van der Waals surface area contributed by atoms with Crippen molar-refractivity contribution in [1.29, 1.82) is 0 Å². The molecule has 1 amide bonds. The summed E-state index contributed by atoms with van der Waals surface area (Å²) in [6, 6.07) is 5.77. The van der Waals surface area contributed by atoms with Crippen molar-refractivity contribution in [2.45, 2.75) is 19.9 Å². The van der Waals surface area contributed by atoms with E-state index in [0.717, 1.165) is 6.26 Å². The van der Waals surface area contributed by atoms with Crippen LogP contribution in [0.2, 0.25) is 0 Å². The standard InChI is InChI=1S/C13H20N2O4S/c1-9(2)12(8-16)14-13(17)10-4-6-11(7-5-10)15-20(3,18)19/h4-7,9,12,15-16H,8H2,1-3H3,(H,14,17). The van der Waals surface area contributed by atoms with Crippen LogP contribution in [0.15, 0.2) is 24.3 Å². The normalized spacial score (nSPS) is 13.1. The van der Waals surface area contributed by atoms with Gasteiger partial charge in [0.25, 0.3) is 5.91 Å². The van der Waals surface area contributed by atoms with E-state index in [1.54, 1.807) is 0 Å². The average molecular weight is 300 g/mol. The van der Waals surface area contributed by atoms with Gasteiger partial charge in [0.2, 0.25) is 10.0 Å². The number of aliphatic hydroxyl groups is 1. The van der Waals surface area contributed by atoms with Crippen molar-refractivity contribution in [2.24, 2.45) is 5.92 Å². The quantitative estimate of drug-likeness (QED) is 0.724. The molecule has 0 aliphatic heterocycles. The van der Waals surface area contributed by atoms with Crippen molar-refractivity contribution in [3.8, 4) is 0 Å². The number of carbonyl (C=O) groups excluding carboxylic acids is 1. The molecule has 1 atom stereocenters. The summed E-state index contributed by atoms with van der Waals surface area (Å²) in [5, 5.41) is 11.9. The summed E-state index contributed by atoms with van der Waals surface area (Å²) in [5.74, 6) is -0.182. The lowest BCUT2D eigenvalue weighted by Crippen LogP contribution is -2.41. The second-order valence-corrected chi connectivity index (χ2v) is 6.71. The first-order chi connectivity index (χ1) is 9.23. The number of hydrogen-bond donors (Lipinski definition) is 3. The Hall–Kier alpha value is -1.60. The molecule has 0 aliphatic carbocycles. The Balaban J connectivity index is 2.75. The maximum atomic E-state index is 12.0. The number of hydrogen-bond acceptors (Lipinski definition) is 4. The maximum Gasteiger partial charge on any atom is 0.251 e. The molecular formula is C13H20N2O4S. The van der Waals surface area contributed by atoms with Crippen LogP contribution in [0.4, 0.5) is 5.69 Å². The van der Waals surface area contributed by atoms with Crippen molar-refractivity contribution in [3.05, 3.63) is 29.8 Å². The monoisotopic (exact) mass is 300 g/mol. The number of carbonyl (C=O) groups is 1. The van der Waals surface area contributed by atoms with Crippen LogP contribution in [-0.2, 0) is 10.0 Å². The Morgan fingerprint density at radius 1 is 1.25 bits per heavy atom. The highest BCUT2D eigenvalue weighted by Crippen LogP contribution is 2.11. The molecule has 0 heterocycles. The Morgan fingerprint density at radius 3 is 2.20 bits per heavy atom. The fourth-order valence-electron chi connectivity index (χ4n) is 1.58. The molecule has 0 saturated carbocycles. The highest BCUT2D eigenvalue weighted by molar-refractivity contribution is 7.92. The summed E-state index contributed by atoms with van der Waals surface area (Å²) in [4.78, 5) is 12.0. The van der Waals surface area contributed by atoms with Gasteiger partial charge >= 0.3 is 0 Å². The fraction of sp³-hybridized carbons (Fsp3) is 0.462. The van der Waals surface area contributed by atoms with Crippen molar-refractivity contribution >= 4 is 21.6 Å². The van der Waals surface area contributed by atoms with Crippen LogP contribution in [0.3, 0.4) is 0 Å². The molecule has 1 unspecified atom stereocenters. The van der Waals surface area contributed by atoms with Gasteiger partial charge in [-0.2, -0.15) is 0 Å². The molecule has 7 heteroatoms. The van der Waals surface area contributed by atoms with Crippen LogP contribution in [0.25, 0.3) is 0 Å². The van der Waals surface area contributed by atoms with E-state index >= 15 is 0 Å². The van der Waals surface area contributed by atoms with Crippen LogP contribution < -0.4 is 10.0 Å². The van der Waals surface area contributed by atoms with Crippen LogP contribution in [-0.4, -0.2) is 38.3 Å². The van der Waals surface area contributed by atoms with E-state index in [9.17, 15) is 18.3 Å². The summed E-state index contributed by atoms with van der Waals surface area (Å²) in [5.41, 5.74) is 0.801. The SMILES string of the molecule is CC(C)C(CO)NC(=O)c1ccc(NS(C)(=O)=O)cc1. The zero-order valence-electron chi connectivity index (χ0n) is 11.8. The molecule has 0 saturated heterocycles. The van der Waals surface area contributed by atoms with Gasteiger partial charge in [-0.3, -0.25) is 9.52 Å². The molecule has 1 aromatic rings. The minimum Gasteiger partial charge on any atom is -0.394 e. The van der Waals surface area contributed by atoms with E-state index in [4.69, 9.17) is 0 Å². The summed E-state index contributed by atoms with van der Waals surface area (Å²) < 4.78 is 24.4. The second-order valence-electron chi connectivity index (χ2n) is 4.96. The summed E-state index contributed by atoms with van der Waals surface area (Å²) >= 11 is 0. The predicted octanol–water partition coefficient (Wildman–Crippen LogP) is 0.805. The first-order valence-electron chi connectivity index (χ1n) is 6.22. The third-order valence-corrected chi connectivity index (χ3v) is 3.37. The highest BCUT2D eigenvalue weighted by atomic mass is 32.2. The summed E-state index contributed by atoms with van der Waals surface area (Å²) in [6.45, 7) is 3.68. The van der Waals surface area contributed by atoms with E-state index in [1.807, 2.05) is 13.8 Å². The topological polar surface area (TPSA) is 95.5 Å². The molecule has 0 aliphatic rings. The van der Waals surface area contributed by atoms with Crippen molar-refractivity contribution in [3.63, 3.8) is 0 Å². The number of sulfonamides is 1.